The topological polar surface area (TPSA) is 70.8 Å². The minimum absolute atomic E-state index is 0. The summed E-state index contributed by atoms with van der Waals surface area (Å²) in [4.78, 5) is 11.1. The molecule has 0 aromatic heterocycles. The van der Waals surface area contributed by atoms with Crippen LogP contribution in [0.25, 0.3) is 0 Å². The molecule has 0 unspecified atom stereocenters. The maximum Gasteiger partial charge on any atom is 0.307 e. The normalized spacial score (nSPS) is 13.7. The molecule has 1 aliphatic heterocycles. The highest BCUT2D eigenvalue weighted by Crippen LogP contribution is 2.38. The lowest BCUT2D eigenvalue weighted by molar-refractivity contribution is -0.141. The van der Waals surface area contributed by atoms with Crippen molar-refractivity contribution in [1.82, 2.24) is 0 Å². The predicted molar refractivity (Wildman–Crippen MR) is 68.4 cm³/mol. The smallest absolute Gasteiger partial charge is 0.307 e. The minimum atomic E-state index is -0.524. The molecule has 1 aromatic rings. The molecule has 1 atom stereocenters. The molecular formula is C11H13Cl2NO4. The largest absolute Gasteiger partial charge is 0.469 e. The summed E-state index contributed by atoms with van der Waals surface area (Å²) in [5.74, 6) is 0.792. The second kappa shape index (κ2) is 6.13. The van der Waals surface area contributed by atoms with Gasteiger partial charge in [0.2, 0.25) is 6.79 Å². The van der Waals surface area contributed by atoms with Crippen LogP contribution in [0, 0.1) is 0 Å². The number of rotatable bonds is 3. The number of hydrogen-bond donors (Lipinski definition) is 1. The molecule has 1 aromatic carbocycles. The van der Waals surface area contributed by atoms with Gasteiger partial charge in [-0.1, -0.05) is 11.6 Å². The van der Waals surface area contributed by atoms with Crippen molar-refractivity contribution < 1.29 is 19.0 Å². The highest BCUT2D eigenvalue weighted by atomic mass is 35.5. The maximum atomic E-state index is 11.1. The summed E-state index contributed by atoms with van der Waals surface area (Å²) >= 11 is 6.06. The highest BCUT2D eigenvalue weighted by molar-refractivity contribution is 6.31. The van der Waals surface area contributed by atoms with Crippen LogP contribution in [0.4, 0.5) is 0 Å². The van der Waals surface area contributed by atoms with Gasteiger partial charge in [0.25, 0.3) is 0 Å². The summed E-state index contributed by atoms with van der Waals surface area (Å²) in [5, 5.41) is 0.450. The molecule has 0 bridgehead atoms. The van der Waals surface area contributed by atoms with Gasteiger partial charge in [0.05, 0.1) is 13.5 Å². The number of carbonyl (C=O) groups is 1. The Labute approximate surface area is 116 Å². The number of halogens is 2. The van der Waals surface area contributed by atoms with Gasteiger partial charge in [0.15, 0.2) is 11.5 Å². The number of benzene rings is 1. The van der Waals surface area contributed by atoms with E-state index in [0.29, 0.717) is 22.1 Å². The summed E-state index contributed by atoms with van der Waals surface area (Å²) in [6.45, 7) is 0.168. The van der Waals surface area contributed by atoms with Crippen LogP contribution in [0.1, 0.15) is 18.0 Å². The Morgan fingerprint density at radius 1 is 1.50 bits per heavy atom. The van der Waals surface area contributed by atoms with Gasteiger partial charge >= 0.3 is 5.97 Å². The van der Waals surface area contributed by atoms with Gasteiger partial charge in [-0.15, -0.1) is 12.4 Å². The summed E-state index contributed by atoms with van der Waals surface area (Å²) in [6.07, 6.45) is 0.0653. The standard InChI is InChI=1S/C11H12ClNO4.ClH/c1-15-11(14)4-8(13)6-2-9-10(3-7(6)12)17-5-16-9;/h2-3,8H,4-5,13H2,1H3;1H/t8-;/m0./s1. The number of nitrogens with two attached hydrogens (primary N) is 1. The average molecular weight is 294 g/mol. The van der Waals surface area contributed by atoms with E-state index in [9.17, 15) is 4.79 Å². The summed E-state index contributed by atoms with van der Waals surface area (Å²) < 4.78 is 15.0. The van der Waals surface area contributed by atoms with E-state index in [1.165, 1.54) is 7.11 Å². The lowest BCUT2D eigenvalue weighted by atomic mass is 10.0. The van der Waals surface area contributed by atoms with Crippen molar-refractivity contribution in [3.05, 3.63) is 22.7 Å². The summed E-state index contributed by atoms with van der Waals surface area (Å²) in [7, 11) is 1.32. The van der Waals surface area contributed by atoms with Gasteiger partial charge in [-0.2, -0.15) is 0 Å². The van der Waals surface area contributed by atoms with E-state index in [2.05, 4.69) is 4.74 Å². The predicted octanol–water partition coefficient (Wildman–Crippen LogP) is 2.05. The number of methoxy groups -OCH3 is 1. The molecule has 0 amide bonds. The van der Waals surface area contributed by atoms with Crippen molar-refractivity contribution in [2.75, 3.05) is 13.9 Å². The van der Waals surface area contributed by atoms with E-state index in [4.69, 9.17) is 26.8 Å². The molecule has 2 N–H and O–H groups in total. The zero-order chi connectivity index (χ0) is 12.4. The Morgan fingerprint density at radius 2 is 2.11 bits per heavy atom. The van der Waals surface area contributed by atoms with Crippen LogP contribution in [0.5, 0.6) is 11.5 Å². The number of ether oxygens (including phenoxy) is 3. The molecule has 0 saturated heterocycles. The summed E-state index contributed by atoms with van der Waals surface area (Å²) in [6, 6.07) is 2.80. The molecular weight excluding hydrogens is 281 g/mol. The molecule has 0 fully saturated rings. The Morgan fingerprint density at radius 3 is 2.72 bits per heavy atom. The van der Waals surface area contributed by atoms with Gasteiger partial charge in [0.1, 0.15) is 0 Å². The lowest BCUT2D eigenvalue weighted by Gasteiger charge is -2.13. The van der Waals surface area contributed by atoms with Crippen LogP contribution in [-0.4, -0.2) is 19.9 Å². The molecule has 2 rings (SSSR count). The second-order valence-electron chi connectivity index (χ2n) is 3.61. The van der Waals surface area contributed by atoms with E-state index in [-0.39, 0.29) is 31.6 Å². The molecule has 1 heterocycles. The zero-order valence-corrected chi connectivity index (χ0v) is 11.2. The fourth-order valence-corrected chi connectivity index (χ4v) is 1.88. The van der Waals surface area contributed by atoms with Crippen molar-refractivity contribution in [3.8, 4) is 11.5 Å². The van der Waals surface area contributed by atoms with Crippen LogP contribution < -0.4 is 15.2 Å². The van der Waals surface area contributed by atoms with E-state index in [1.807, 2.05) is 0 Å². The average Bonchev–Trinajstić information content (AvgIpc) is 2.74. The first-order chi connectivity index (χ1) is 8.11. The first-order valence-corrected chi connectivity index (χ1v) is 5.41. The second-order valence-corrected chi connectivity index (χ2v) is 4.02. The third-order valence-electron chi connectivity index (χ3n) is 2.51. The van der Waals surface area contributed by atoms with Crippen LogP contribution >= 0.6 is 24.0 Å². The monoisotopic (exact) mass is 293 g/mol. The lowest BCUT2D eigenvalue weighted by Crippen LogP contribution is -2.16. The maximum absolute atomic E-state index is 11.1. The van der Waals surface area contributed by atoms with Crippen LogP contribution in [-0.2, 0) is 9.53 Å². The Kier molecular flexibility index (Phi) is 5.07. The van der Waals surface area contributed by atoms with Gasteiger partial charge in [-0.3, -0.25) is 4.79 Å². The molecule has 100 valence electrons. The van der Waals surface area contributed by atoms with E-state index >= 15 is 0 Å². The number of esters is 1. The zero-order valence-electron chi connectivity index (χ0n) is 9.64. The first-order valence-electron chi connectivity index (χ1n) is 5.03. The van der Waals surface area contributed by atoms with Crippen molar-refractivity contribution in [2.24, 2.45) is 5.73 Å². The van der Waals surface area contributed by atoms with Gasteiger partial charge in [-0.25, -0.2) is 0 Å². The quantitative estimate of drug-likeness (QED) is 0.864. The molecule has 5 nitrogen and oxygen atoms in total. The van der Waals surface area contributed by atoms with Gasteiger partial charge in [0, 0.05) is 17.1 Å². The van der Waals surface area contributed by atoms with E-state index in [1.54, 1.807) is 12.1 Å². The molecule has 0 aliphatic carbocycles. The molecule has 7 heteroatoms. The Hall–Kier alpha value is -1.17. The first kappa shape index (κ1) is 14.9. The number of hydrogen-bond acceptors (Lipinski definition) is 5. The van der Waals surface area contributed by atoms with E-state index in [0.717, 1.165) is 0 Å². The highest BCUT2D eigenvalue weighted by Gasteiger charge is 2.21. The van der Waals surface area contributed by atoms with Crippen molar-refractivity contribution >= 4 is 30.0 Å². The van der Waals surface area contributed by atoms with Crippen molar-refractivity contribution in [1.29, 1.82) is 0 Å². The molecule has 0 radical (unpaired) electrons. The van der Waals surface area contributed by atoms with Crippen molar-refractivity contribution in [2.45, 2.75) is 12.5 Å². The van der Waals surface area contributed by atoms with Crippen LogP contribution in [0.15, 0.2) is 12.1 Å². The van der Waals surface area contributed by atoms with Crippen LogP contribution in [0.3, 0.4) is 0 Å². The third kappa shape index (κ3) is 2.98. The van der Waals surface area contributed by atoms with Crippen LogP contribution in [0.2, 0.25) is 5.02 Å². The minimum Gasteiger partial charge on any atom is -0.469 e. The Bertz CT molecular complexity index is 453. The number of carbonyl (C=O) groups excluding carboxylic acids is 1. The molecule has 1 aliphatic rings. The third-order valence-corrected chi connectivity index (χ3v) is 2.83. The fraction of sp³-hybridized carbons (Fsp3) is 0.364. The molecule has 0 spiro atoms. The SMILES string of the molecule is COC(=O)C[C@H](N)c1cc2c(cc1Cl)OCO2.Cl. The summed E-state index contributed by atoms with van der Waals surface area (Å²) in [5.41, 5.74) is 6.52. The number of fused-ring (bicyclic) bond motifs is 1. The Balaban J connectivity index is 0.00000162. The van der Waals surface area contributed by atoms with Gasteiger partial charge < -0.3 is 19.9 Å². The van der Waals surface area contributed by atoms with Crippen molar-refractivity contribution in [3.63, 3.8) is 0 Å². The fourth-order valence-electron chi connectivity index (χ4n) is 1.59. The molecule has 0 saturated carbocycles. The molecule has 18 heavy (non-hydrogen) atoms. The van der Waals surface area contributed by atoms with E-state index < -0.39 is 6.04 Å². The van der Waals surface area contributed by atoms with Gasteiger partial charge in [-0.05, 0) is 11.6 Å².